The van der Waals surface area contributed by atoms with Crippen LogP contribution in [0.1, 0.15) is 17.9 Å². The summed E-state index contributed by atoms with van der Waals surface area (Å²) >= 11 is 1.93. The number of amides is 2. The zero-order valence-electron chi connectivity index (χ0n) is 10.9. The van der Waals surface area contributed by atoms with E-state index in [0.717, 1.165) is 5.56 Å². The molecule has 0 saturated carbocycles. The molecule has 0 N–H and O–H groups in total. The zero-order chi connectivity index (χ0) is 15.0. The first kappa shape index (κ1) is 14.2. The third-order valence-electron chi connectivity index (χ3n) is 3.50. The minimum Gasteiger partial charge on any atom is -0.274 e. The second-order valence-electron chi connectivity index (χ2n) is 4.83. The number of carbonyl (C=O) groups is 2. The van der Waals surface area contributed by atoms with E-state index in [4.69, 9.17) is 0 Å². The Morgan fingerprint density at radius 3 is 2.48 bits per heavy atom. The van der Waals surface area contributed by atoms with Crippen molar-refractivity contribution in [2.45, 2.75) is 12.3 Å². The van der Waals surface area contributed by atoms with Crippen LogP contribution in [0.15, 0.2) is 48.5 Å². The number of rotatable bonds is 2. The van der Waals surface area contributed by atoms with Crippen LogP contribution in [-0.2, 0) is 9.59 Å². The molecular weight excluding hydrogens is 384 g/mol. The van der Waals surface area contributed by atoms with E-state index >= 15 is 0 Å². The molecule has 0 bridgehead atoms. The van der Waals surface area contributed by atoms with Crippen LogP contribution in [0.3, 0.4) is 0 Å². The maximum absolute atomic E-state index is 13.2. The second kappa shape index (κ2) is 5.55. The molecule has 5 heteroatoms. The van der Waals surface area contributed by atoms with Gasteiger partial charge in [-0.2, -0.15) is 0 Å². The van der Waals surface area contributed by atoms with E-state index in [-0.39, 0.29) is 24.1 Å². The monoisotopic (exact) mass is 395 g/mol. The third kappa shape index (κ3) is 2.57. The van der Waals surface area contributed by atoms with Crippen LogP contribution in [0.4, 0.5) is 10.1 Å². The second-order valence-corrected chi connectivity index (χ2v) is 5.99. The predicted octanol–water partition coefficient (Wildman–Crippen LogP) is 3.48. The van der Waals surface area contributed by atoms with E-state index in [0.29, 0.717) is 9.26 Å². The Kier molecular flexibility index (Phi) is 3.75. The Labute approximate surface area is 134 Å². The van der Waals surface area contributed by atoms with Gasteiger partial charge in [-0.15, -0.1) is 0 Å². The van der Waals surface area contributed by atoms with Crippen LogP contribution < -0.4 is 4.90 Å². The molecule has 1 fully saturated rings. The minimum absolute atomic E-state index is 0.149. The quantitative estimate of drug-likeness (QED) is 0.577. The van der Waals surface area contributed by atoms with E-state index < -0.39 is 5.92 Å². The molecule has 1 aliphatic heterocycles. The van der Waals surface area contributed by atoms with Crippen LogP contribution in [0.2, 0.25) is 0 Å². The summed E-state index contributed by atoms with van der Waals surface area (Å²) in [5.74, 6) is -1.35. The zero-order valence-corrected chi connectivity index (χ0v) is 13.1. The highest BCUT2D eigenvalue weighted by atomic mass is 127. The largest absolute Gasteiger partial charge is 0.274 e. The molecule has 0 aromatic heterocycles. The van der Waals surface area contributed by atoms with Gasteiger partial charge < -0.3 is 0 Å². The summed E-state index contributed by atoms with van der Waals surface area (Å²) in [6.45, 7) is 0. The lowest BCUT2D eigenvalue weighted by Crippen LogP contribution is -2.30. The molecule has 2 aromatic carbocycles. The van der Waals surface area contributed by atoms with Crippen molar-refractivity contribution in [2.75, 3.05) is 4.90 Å². The Morgan fingerprint density at radius 1 is 1.10 bits per heavy atom. The Bertz CT molecular complexity index is 717. The predicted molar refractivity (Wildman–Crippen MR) is 85.4 cm³/mol. The molecule has 1 atom stereocenters. The molecule has 1 aliphatic rings. The van der Waals surface area contributed by atoms with Gasteiger partial charge in [0, 0.05) is 9.99 Å². The average Bonchev–Trinajstić information content (AvgIpc) is 2.76. The van der Waals surface area contributed by atoms with Crippen molar-refractivity contribution < 1.29 is 14.0 Å². The number of anilines is 1. The van der Waals surface area contributed by atoms with Crippen molar-refractivity contribution in [3.8, 4) is 0 Å². The summed E-state index contributed by atoms with van der Waals surface area (Å²) in [6, 6.07) is 13.3. The number of carbonyl (C=O) groups excluding carboxylic acids is 2. The number of hydrogen-bond donors (Lipinski definition) is 0. The van der Waals surface area contributed by atoms with Crippen LogP contribution in [0, 0.1) is 9.39 Å². The Hall–Kier alpha value is -1.76. The van der Waals surface area contributed by atoms with Gasteiger partial charge in [0.15, 0.2) is 0 Å². The molecule has 1 saturated heterocycles. The number of nitrogens with zero attached hydrogens (tertiary/aromatic N) is 1. The van der Waals surface area contributed by atoms with Crippen LogP contribution in [0.25, 0.3) is 0 Å². The van der Waals surface area contributed by atoms with Gasteiger partial charge in [0.2, 0.25) is 11.8 Å². The van der Waals surface area contributed by atoms with Crippen molar-refractivity contribution in [1.82, 2.24) is 0 Å². The maximum Gasteiger partial charge on any atom is 0.241 e. The fourth-order valence-corrected chi connectivity index (χ4v) is 3.21. The van der Waals surface area contributed by atoms with E-state index in [9.17, 15) is 14.0 Å². The summed E-state index contributed by atoms with van der Waals surface area (Å²) in [4.78, 5) is 25.9. The highest BCUT2D eigenvalue weighted by molar-refractivity contribution is 14.1. The fourth-order valence-electron chi connectivity index (χ4n) is 2.49. The Balaban J connectivity index is 1.98. The molecular formula is C16H11FINO2. The maximum atomic E-state index is 13.2. The molecule has 1 unspecified atom stereocenters. The smallest absolute Gasteiger partial charge is 0.241 e. The van der Waals surface area contributed by atoms with Gasteiger partial charge in [0.1, 0.15) is 5.82 Å². The van der Waals surface area contributed by atoms with Gasteiger partial charge in [-0.1, -0.05) is 30.3 Å². The fraction of sp³-hybridized carbons (Fsp3) is 0.125. The van der Waals surface area contributed by atoms with Crippen LogP contribution >= 0.6 is 22.6 Å². The first-order valence-corrected chi connectivity index (χ1v) is 7.52. The number of imide groups is 1. The number of halogens is 2. The molecule has 106 valence electrons. The lowest BCUT2D eigenvalue weighted by Gasteiger charge is -2.16. The average molecular weight is 395 g/mol. The van der Waals surface area contributed by atoms with Gasteiger partial charge in [0.05, 0.1) is 11.6 Å². The summed E-state index contributed by atoms with van der Waals surface area (Å²) in [7, 11) is 0. The highest BCUT2D eigenvalue weighted by Gasteiger charge is 2.40. The first-order valence-electron chi connectivity index (χ1n) is 6.44. The van der Waals surface area contributed by atoms with Crippen LogP contribution in [-0.4, -0.2) is 11.8 Å². The molecule has 3 rings (SSSR count). The number of hydrogen-bond acceptors (Lipinski definition) is 2. The van der Waals surface area contributed by atoms with Crippen molar-refractivity contribution in [1.29, 1.82) is 0 Å². The molecule has 0 aliphatic carbocycles. The summed E-state index contributed by atoms with van der Waals surface area (Å²) < 4.78 is 13.7. The standard InChI is InChI=1S/C16H11FINO2/c17-11-6-7-14(13(18)8-11)19-15(20)9-12(16(19)21)10-4-2-1-3-5-10/h1-8,12H,9H2. The molecule has 21 heavy (non-hydrogen) atoms. The lowest BCUT2D eigenvalue weighted by molar-refractivity contribution is -0.121. The highest BCUT2D eigenvalue weighted by Crippen LogP contribution is 2.35. The van der Waals surface area contributed by atoms with Crippen molar-refractivity contribution in [3.05, 3.63) is 63.5 Å². The van der Waals surface area contributed by atoms with Gasteiger partial charge in [-0.25, -0.2) is 9.29 Å². The van der Waals surface area contributed by atoms with Gasteiger partial charge in [-0.3, -0.25) is 9.59 Å². The van der Waals surface area contributed by atoms with E-state index in [1.165, 1.54) is 23.1 Å². The minimum atomic E-state index is -0.459. The normalized spacial score (nSPS) is 18.4. The van der Waals surface area contributed by atoms with E-state index in [1.54, 1.807) is 0 Å². The summed E-state index contributed by atoms with van der Waals surface area (Å²) in [6.07, 6.45) is 0.149. The van der Waals surface area contributed by atoms with Gasteiger partial charge in [0.25, 0.3) is 0 Å². The third-order valence-corrected chi connectivity index (χ3v) is 4.36. The summed E-state index contributed by atoms with van der Waals surface area (Å²) in [5, 5.41) is 0. The topological polar surface area (TPSA) is 37.4 Å². The van der Waals surface area contributed by atoms with Gasteiger partial charge in [-0.05, 0) is 46.4 Å². The van der Waals surface area contributed by atoms with E-state index in [1.807, 2.05) is 52.9 Å². The van der Waals surface area contributed by atoms with Gasteiger partial charge >= 0.3 is 0 Å². The molecule has 0 spiro atoms. The molecule has 2 aromatic rings. The van der Waals surface area contributed by atoms with Crippen molar-refractivity contribution in [2.24, 2.45) is 0 Å². The SMILES string of the molecule is O=C1CC(c2ccccc2)C(=O)N1c1ccc(F)cc1I. The lowest BCUT2D eigenvalue weighted by atomic mass is 9.98. The van der Waals surface area contributed by atoms with E-state index in [2.05, 4.69) is 0 Å². The molecule has 3 nitrogen and oxygen atoms in total. The molecule has 1 heterocycles. The molecule has 0 radical (unpaired) electrons. The first-order chi connectivity index (χ1) is 10.1. The molecule has 2 amide bonds. The number of benzene rings is 2. The van der Waals surface area contributed by atoms with Crippen molar-refractivity contribution in [3.63, 3.8) is 0 Å². The summed E-state index contributed by atoms with van der Waals surface area (Å²) in [5.41, 5.74) is 1.28. The van der Waals surface area contributed by atoms with Crippen molar-refractivity contribution >= 4 is 40.1 Å². The Morgan fingerprint density at radius 2 is 1.81 bits per heavy atom. The van der Waals surface area contributed by atoms with Crippen LogP contribution in [0.5, 0.6) is 0 Å².